The second-order valence-electron chi connectivity index (χ2n) is 4.80. The molecule has 3 rings (SSSR count). The van der Waals surface area contributed by atoms with Crippen LogP contribution >= 0.6 is 0 Å². The maximum Gasteiger partial charge on any atom is 1.00 e. The van der Waals surface area contributed by atoms with Crippen molar-refractivity contribution in [2.24, 2.45) is 0 Å². The summed E-state index contributed by atoms with van der Waals surface area (Å²) in [4.78, 5) is 2.72. The molecule has 0 N–H and O–H groups in total. The van der Waals surface area contributed by atoms with Crippen LogP contribution in [0.15, 0.2) is 24.3 Å². The first-order valence-electron chi connectivity index (χ1n) is 6.17. The van der Waals surface area contributed by atoms with Gasteiger partial charge in [-0.05, 0) is 32.2 Å². The van der Waals surface area contributed by atoms with Crippen LogP contribution in [0.1, 0.15) is 43.7 Å². The summed E-state index contributed by atoms with van der Waals surface area (Å²) in [5, 5.41) is 0. The fourth-order valence-electron chi connectivity index (χ4n) is 3.24. The van der Waals surface area contributed by atoms with Crippen LogP contribution in [0.25, 0.3) is 0 Å². The van der Waals surface area contributed by atoms with Gasteiger partial charge in [-0.25, -0.2) is 0 Å². The van der Waals surface area contributed by atoms with Crippen LogP contribution in [0.2, 0.25) is 0 Å². The molecule has 0 spiro atoms. The van der Waals surface area contributed by atoms with E-state index in [1.54, 1.807) is 0 Å². The average molecular weight is 207 g/mol. The van der Waals surface area contributed by atoms with Crippen molar-refractivity contribution < 1.29 is 18.9 Å². The van der Waals surface area contributed by atoms with E-state index in [0.29, 0.717) is 6.04 Å². The molecule has 2 unspecified atom stereocenters. The number of hydrogen-bond acceptors (Lipinski definition) is 1. The Labute approximate surface area is 110 Å². The maximum atomic E-state index is 3.41. The molecule has 1 aromatic carbocycles. The molecule has 2 atom stereocenters. The zero-order valence-corrected chi connectivity index (χ0v) is 10.2. The third kappa shape index (κ3) is 2.23. The van der Waals surface area contributed by atoms with Crippen LogP contribution in [-0.4, -0.2) is 17.5 Å². The molecule has 0 aromatic heterocycles. The maximum absolute atomic E-state index is 3.41. The van der Waals surface area contributed by atoms with E-state index in [4.69, 9.17) is 0 Å². The van der Waals surface area contributed by atoms with Crippen molar-refractivity contribution in [3.63, 3.8) is 0 Å². The molecule has 0 amide bonds. The Bertz CT molecular complexity index is 325. The van der Waals surface area contributed by atoms with E-state index in [0.717, 1.165) is 6.04 Å². The Balaban J connectivity index is 0.000000963. The van der Waals surface area contributed by atoms with E-state index in [-0.39, 0.29) is 18.9 Å². The van der Waals surface area contributed by atoms with E-state index < -0.39 is 0 Å². The number of rotatable bonds is 1. The molecule has 16 heavy (non-hydrogen) atoms. The predicted octanol–water partition coefficient (Wildman–Crippen LogP) is 0.180. The van der Waals surface area contributed by atoms with Gasteiger partial charge >= 0.3 is 18.9 Å². The zero-order valence-electron chi connectivity index (χ0n) is 10.2. The molecule has 80 valence electrons. The molecule has 2 aliphatic rings. The summed E-state index contributed by atoms with van der Waals surface area (Å²) in [6, 6.07) is 13.4. The summed E-state index contributed by atoms with van der Waals surface area (Å²) in [6.07, 6.45) is 6.96. The minimum absolute atomic E-state index is 0. The molecule has 1 nitrogen and oxygen atoms in total. The molecule has 2 heterocycles. The Hall–Kier alpha value is -0.223. The summed E-state index contributed by atoms with van der Waals surface area (Å²) in [6.45, 7) is 1.30. The Morgan fingerprint density at radius 1 is 1.12 bits per heavy atom. The smallest absolute Gasteiger partial charge is 0.295 e. The summed E-state index contributed by atoms with van der Waals surface area (Å²) in [7, 11) is 0. The Kier molecular flexibility index (Phi) is 4.14. The van der Waals surface area contributed by atoms with Crippen molar-refractivity contribution >= 4 is 0 Å². The molecule has 0 radical (unpaired) electrons. The normalized spacial score (nSPS) is 29.5. The van der Waals surface area contributed by atoms with Crippen LogP contribution in [0.5, 0.6) is 0 Å². The van der Waals surface area contributed by atoms with Gasteiger partial charge in [0.25, 0.3) is 0 Å². The second-order valence-corrected chi connectivity index (χ2v) is 4.80. The summed E-state index contributed by atoms with van der Waals surface area (Å²) in [5.74, 6) is 0. The third-order valence-electron chi connectivity index (χ3n) is 3.93. The van der Waals surface area contributed by atoms with Crippen LogP contribution in [0.4, 0.5) is 0 Å². The summed E-state index contributed by atoms with van der Waals surface area (Å²) >= 11 is 0. The fraction of sp³-hybridized carbons (Fsp3) is 0.571. The molecule has 2 heteroatoms. The molecular formula is C14H18LiN. The molecule has 2 fully saturated rings. The Morgan fingerprint density at radius 3 is 2.81 bits per heavy atom. The fourth-order valence-corrected chi connectivity index (χ4v) is 3.24. The number of piperidine rings is 1. The minimum Gasteiger partial charge on any atom is -0.295 e. The van der Waals surface area contributed by atoms with E-state index in [1.807, 2.05) is 0 Å². The van der Waals surface area contributed by atoms with E-state index in [1.165, 1.54) is 44.2 Å². The molecule has 2 saturated heterocycles. The quantitative estimate of drug-likeness (QED) is 0.469. The van der Waals surface area contributed by atoms with Gasteiger partial charge in [-0.3, -0.25) is 4.90 Å². The van der Waals surface area contributed by atoms with Gasteiger partial charge in [-0.2, -0.15) is 30.3 Å². The van der Waals surface area contributed by atoms with Gasteiger partial charge in [0.2, 0.25) is 0 Å². The van der Waals surface area contributed by atoms with Crippen molar-refractivity contribution in [3.05, 3.63) is 35.9 Å². The van der Waals surface area contributed by atoms with Gasteiger partial charge in [0, 0.05) is 12.1 Å². The van der Waals surface area contributed by atoms with Gasteiger partial charge in [0.15, 0.2) is 0 Å². The largest absolute Gasteiger partial charge is 1.00 e. The average Bonchev–Trinajstić information content (AvgIpc) is 2.78. The Morgan fingerprint density at radius 2 is 2.00 bits per heavy atom. The van der Waals surface area contributed by atoms with E-state index in [2.05, 4.69) is 35.2 Å². The molecule has 0 bridgehead atoms. The van der Waals surface area contributed by atoms with Gasteiger partial charge in [-0.1, -0.05) is 6.42 Å². The topological polar surface area (TPSA) is 3.24 Å². The molecule has 2 aliphatic heterocycles. The minimum atomic E-state index is 0. The predicted molar refractivity (Wildman–Crippen MR) is 61.6 cm³/mol. The first-order valence-corrected chi connectivity index (χ1v) is 6.17. The first-order chi connectivity index (χ1) is 7.45. The molecular weight excluding hydrogens is 189 g/mol. The van der Waals surface area contributed by atoms with Crippen molar-refractivity contribution in [3.8, 4) is 0 Å². The van der Waals surface area contributed by atoms with E-state index >= 15 is 0 Å². The summed E-state index contributed by atoms with van der Waals surface area (Å²) < 4.78 is 0. The van der Waals surface area contributed by atoms with Crippen molar-refractivity contribution in [1.82, 2.24) is 4.90 Å². The van der Waals surface area contributed by atoms with Crippen LogP contribution in [-0.2, 0) is 0 Å². The number of nitrogens with zero attached hydrogens (tertiary/aromatic N) is 1. The summed E-state index contributed by atoms with van der Waals surface area (Å²) in [5.41, 5.74) is 1.41. The standard InChI is InChI=1S/C14H18N.Li/c1-2-6-12(7-3-1)14-10-4-8-13-9-5-11-15(13)14;/h1-3,6,13-14H,4-5,8-11H2;/q-1;+1. The molecule has 0 saturated carbocycles. The first kappa shape index (κ1) is 12.2. The van der Waals surface area contributed by atoms with Crippen LogP contribution in [0.3, 0.4) is 0 Å². The van der Waals surface area contributed by atoms with Crippen LogP contribution < -0.4 is 18.9 Å². The van der Waals surface area contributed by atoms with Crippen LogP contribution in [0, 0.1) is 6.07 Å². The van der Waals surface area contributed by atoms with Gasteiger partial charge < -0.3 is 0 Å². The third-order valence-corrected chi connectivity index (χ3v) is 3.93. The van der Waals surface area contributed by atoms with Crippen molar-refractivity contribution in [2.45, 2.75) is 44.2 Å². The van der Waals surface area contributed by atoms with Gasteiger partial charge in [0.05, 0.1) is 0 Å². The number of benzene rings is 1. The molecule has 0 aliphatic carbocycles. The number of fused-ring (bicyclic) bond motifs is 1. The second kappa shape index (κ2) is 5.41. The monoisotopic (exact) mass is 207 g/mol. The van der Waals surface area contributed by atoms with Gasteiger partial charge in [0.1, 0.15) is 0 Å². The van der Waals surface area contributed by atoms with Crippen molar-refractivity contribution in [1.29, 1.82) is 0 Å². The SMILES string of the molecule is [Li+].[c-]1ccccc1C1CCCC2CCCN21. The van der Waals surface area contributed by atoms with E-state index in [9.17, 15) is 0 Å². The zero-order chi connectivity index (χ0) is 10.1. The van der Waals surface area contributed by atoms with Gasteiger partial charge in [-0.15, -0.1) is 5.56 Å². The number of hydrogen-bond donors (Lipinski definition) is 0. The van der Waals surface area contributed by atoms with Crippen molar-refractivity contribution in [2.75, 3.05) is 6.54 Å². The molecule has 1 aromatic rings.